The number of carbonyl (C=O) groups excluding carboxylic acids is 1. The molecule has 7 rings (SSSR count). The number of anilines is 1. The highest BCUT2D eigenvalue weighted by Gasteiger charge is 2.48. The maximum absolute atomic E-state index is 12.0. The Bertz CT molecular complexity index is 1510. The standard InChI is InChI=1S/C41H55N3O6.BrH/c1-2-36(42-26-39(47)32-15-18-38(46)37(25-32)43-29-45)30-13-16-35(17-14-30)49-24-8-21-44-22-19-31(20-23-44)40(27-44)50-28-41(48,34-11-6-7-12-34)33-9-4-3-5-10-33;/h3-5,9-10,13-18,25,29,31,34,36,39-40,42,47-48H,2,6-8,11-12,19-24,26-28H2,1H3,(H-,43,45,46);1H/t31?,36-,39+,40+,41-,44?;/m1./s1. The van der Waals surface area contributed by atoms with Crippen LogP contribution in [0.4, 0.5) is 5.69 Å². The summed E-state index contributed by atoms with van der Waals surface area (Å²) in [6.07, 6.45) is 8.62. The van der Waals surface area contributed by atoms with Crippen molar-refractivity contribution < 1.29 is 51.1 Å². The van der Waals surface area contributed by atoms with Gasteiger partial charge in [0.05, 0.1) is 44.6 Å². The Labute approximate surface area is 313 Å². The smallest absolute Gasteiger partial charge is 0.211 e. The third-order valence-corrected chi connectivity index (χ3v) is 11.8. The SMILES string of the molecule is CC[C@@H](NC[C@H](O)c1ccc(O)c(NC=O)c1)c1ccc(OCCC[N+]23CCC(CC2)[C@@H](OC[C@@](O)(c2ccccc2)C2CCCC2)C3)cc1.[Br-]. The zero-order chi connectivity index (χ0) is 35.0. The van der Waals surface area contributed by atoms with Crippen LogP contribution in [0.1, 0.15) is 87.1 Å². The molecular formula is C41H56BrN3O6. The number of nitrogens with zero attached hydrogens (tertiary/aromatic N) is 1. The predicted octanol–water partition coefficient (Wildman–Crippen LogP) is 3.21. The molecular weight excluding hydrogens is 710 g/mol. The van der Waals surface area contributed by atoms with Crippen LogP contribution in [0.15, 0.2) is 72.8 Å². The quantitative estimate of drug-likeness (QED) is 0.0585. The van der Waals surface area contributed by atoms with Crippen LogP contribution in [0.25, 0.3) is 0 Å². The summed E-state index contributed by atoms with van der Waals surface area (Å²) in [5.74, 6) is 1.66. The minimum atomic E-state index is -0.916. The van der Waals surface area contributed by atoms with Crippen LogP contribution in [0.2, 0.25) is 0 Å². The second-order valence-corrected chi connectivity index (χ2v) is 14.8. The van der Waals surface area contributed by atoms with Gasteiger partial charge in [0, 0.05) is 37.8 Å². The molecule has 1 saturated carbocycles. The fraction of sp³-hybridized carbons (Fsp3) is 0.537. The monoisotopic (exact) mass is 765 g/mol. The number of nitrogens with one attached hydrogen (secondary N) is 2. The number of rotatable bonds is 18. The minimum absolute atomic E-state index is 0. The van der Waals surface area contributed by atoms with E-state index in [0.29, 0.717) is 37.6 Å². The molecule has 3 aromatic carbocycles. The summed E-state index contributed by atoms with van der Waals surface area (Å²) in [4.78, 5) is 10.8. The van der Waals surface area contributed by atoms with Crippen molar-refractivity contribution >= 4 is 12.1 Å². The van der Waals surface area contributed by atoms with E-state index < -0.39 is 11.7 Å². The number of hydrogen-bond donors (Lipinski definition) is 5. The van der Waals surface area contributed by atoms with E-state index in [2.05, 4.69) is 41.8 Å². The second-order valence-electron chi connectivity index (χ2n) is 14.8. The van der Waals surface area contributed by atoms with Gasteiger partial charge in [-0.1, -0.05) is 68.3 Å². The molecule has 3 saturated heterocycles. The molecule has 3 aromatic rings. The number of phenols is 1. The van der Waals surface area contributed by atoms with Crippen LogP contribution in [-0.2, 0) is 15.1 Å². The zero-order valence-corrected chi connectivity index (χ0v) is 31.5. The lowest BCUT2D eigenvalue weighted by Gasteiger charge is -2.53. The van der Waals surface area contributed by atoms with Gasteiger partial charge in [-0.3, -0.25) is 4.79 Å². The first kappa shape index (κ1) is 39.2. The molecule has 1 aliphatic carbocycles. The molecule has 4 atom stereocenters. The highest BCUT2D eigenvalue weighted by Crippen LogP contribution is 2.43. The number of amides is 1. The van der Waals surface area contributed by atoms with Crippen molar-refractivity contribution in [2.24, 2.45) is 11.8 Å². The zero-order valence-electron chi connectivity index (χ0n) is 29.9. The fourth-order valence-electron chi connectivity index (χ4n) is 8.72. The first-order valence-electron chi connectivity index (χ1n) is 18.7. The highest BCUT2D eigenvalue weighted by molar-refractivity contribution is 5.75. The average molecular weight is 767 g/mol. The summed E-state index contributed by atoms with van der Waals surface area (Å²) in [7, 11) is 0. The number of phenolic OH excluding ortho intramolecular Hbond substituents is 1. The number of ether oxygens (including phenoxy) is 2. The lowest BCUT2D eigenvalue weighted by molar-refractivity contribution is -0.946. The van der Waals surface area contributed by atoms with Gasteiger partial charge in [0.25, 0.3) is 0 Å². The Balaban J connectivity index is 0.00000504. The van der Waals surface area contributed by atoms with Crippen LogP contribution in [-0.4, -0.2) is 78.3 Å². The molecule has 278 valence electrons. The summed E-state index contributed by atoms with van der Waals surface area (Å²) in [5.41, 5.74) is 2.08. The molecule has 4 aliphatic rings. The minimum Gasteiger partial charge on any atom is -1.00 e. The number of halogens is 1. The molecule has 0 aromatic heterocycles. The van der Waals surface area contributed by atoms with E-state index >= 15 is 0 Å². The molecule has 3 aliphatic heterocycles. The number of aliphatic hydroxyl groups excluding tert-OH is 1. The molecule has 2 bridgehead atoms. The van der Waals surface area contributed by atoms with Gasteiger partial charge >= 0.3 is 0 Å². The molecule has 9 nitrogen and oxygen atoms in total. The number of fused-ring (bicyclic) bond motifs is 3. The van der Waals surface area contributed by atoms with E-state index in [1.807, 2.05) is 30.3 Å². The molecule has 3 heterocycles. The van der Waals surface area contributed by atoms with Gasteiger partial charge in [-0.05, 0) is 66.1 Å². The Hall–Kier alpha value is -2.99. The summed E-state index contributed by atoms with van der Waals surface area (Å²) in [5, 5.41) is 38.6. The fourth-order valence-corrected chi connectivity index (χ4v) is 8.72. The first-order valence-corrected chi connectivity index (χ1v) is 18.7. The van der Waals surface area contributed by atoms with Crippen LogP contribution in [0.5, 0.6) is 11.5 Å². The number of aromatic hydroxyl groups is 1. The number of piperidine rings is 3. The summed E-state index contributed by atoms with van der Waals surface area (Å²) in [6.45, 7) is 7.99. The number of aliphatic hydroxyl groups is 2. The Morgan fingerprint density at radius 1 is 0.980 bits per heavy atom. The summed E-state index contributed by atoms with van der Waals surface area (Å²) >= 11 is 0. The van der Waals surface area contributed by atoms with Crippen LogP contribution >= 0.6 is 0 Å². The third-order valence-electron chi connectivity index (χ3n) is 11.8. The maximum Gasteiger partial charge on any atom is 0.211 e. The van der Waals surface area contributed by atoms with Crippen molar-refractivity contribution in [3.05, 3.63) is 89.5 Å². The van der Waals surface area contributed by atoms with E-state index in [0.717, 1.165) is 60.1 Å². The Morgan fingerprint density at radius 3 is 2.37 bits per heavy atom. The van der Waals surface area contributed by atoms with Gasteiger partial charge in [0.15, 0.2) is 0 Å². The van der Waals surface area contributed by atoms with E-state index in [-0.39, 0.29) is 46.5 Å². The predicted molar refractivity (Wildman–Crippen MR) is 195 cm³/mol. The third kappa shape index (κ3) is 9.52. The van der Waals surface area contributed by atoms with Gasteiger partial charge in [-0.25, -0.2) is 0 Å². The van der Waals surface area contributed by atoms with E-state index in [4.69, 9.17) is 9.47 Å². The van der Waals surface area contributed by atoms with E-state index in [1.54, 1.807) is 12.1 Å². The van der Waals surface area contributed by atoms with Crippen LogP contribution in [0, 0.1) is 11.8 Å². The second kappa shape index (κ2) is 18.2. The van der Waals surface area contributed by atoms with Gasteiger partial charge < -0.3 is 56.9 Å². The molecule has 5 N–H and O–H groups in total. The van der Waals surface area contributed by atoms with Gasteiger partial charge in [0.2, 0.25) is 6.41 Å². The highest BCUT2D eigenvalue weighted by atomic mass is 79.9. The lowest BCUT2D eigenvalue weighted by Crippen LogP contribution is -3.00. The van der Waals surface area contributed by atoms with Crippen molar-refractivity contribution in [2.75, 3.05) is 51.3 Å². The van der Waals surface area contributed by atoms with Crippen molar-refractivity contribution in [3.63, 3.8) is 0 Å². The number of carbonyl (C=O) groups is 1. The molecule has 0 unspecified atom stereocenters. The van der Waals surface area contributed by atoms with Crippen LogP contribution < -0.4 is 32.4 Å². The van der Waals surface area contributed by atoms with Gasteiger partial charge in [-0.15, -0.1) is 0 Å². The van der Waals surface area contributed by atoms with E-state index in [1.165, 1.54) is 44.8 Å². The normalized spacial score (nSPS) is 23.9. The number of quaternary nitrogens is 1. The van der Waals surface area contributed by atoms with Crippen molar-refractivity contribution in [2.45, 2.75) is 82.1 Å². The van der Waals surface area contributed by atoms with Crippen molar-refractivity contribution in [1.29, 1.82) is 0 Å². The maximum atomic E-state index is 12.0. The largest absolute Gasteiger partial charge is 1.00 e. The molecule has 10 heteroatoms. The van der Waals surface area contributed by atoms with Crippen molar-refractivity contribution in [3.8, 4) is 11.5 Å². The van der Waals surface area contributed by atoms with Gasteiger partial charge in [-0.2, -0.15) is 0 Å². The van der Waals surface area contributed by atoms with Crippen molar-refractivity contribution in [1.82, 2.24) is 5.32 Å². The lowest BCUT2D eigenvalue weighted by atomic mass is 9.80. The first-order chi connectivity index (χ1) is 24.3. The van der Waals surface area contributed by atoms with Gasteiger partial charge in [0.1, 0.15) is 29.7 Å². The van der Waals surface area contributed by atoms with Crippen LogP contribution in [0.3, 0.4) is 0 Å². The Morgan fingerprint density at radius 2 is 1.69 bits per heavy atom. The average Bonchev–Trinajstić information content (AvgIpc) is 3.71. The van der Waals surface area contributed by atoms with E-state index in [9.17, 15) is 20.1 Å². The molecule has 1 amide bonds. The topological polar surface area (TPSA) is 120 Å². The Kier molecular flexibility index (Phi) is 14.0. The summed E-state index contributed by atoms with van der Waals surface area (Å²) < 4.78 is 14.0. The molecule has 0 spiro atoms. The number of benzene rings is 3. The molecule has 51 heavy (non-hydrogen) atoms. The number of hydrogen-bond acceptors (Lipinski definition) is 7. The molecule has 4 fully saturated rings. The molecule has 0 radical (unpaired) electrons. The summed E-state index contributed by atoms with van der Waals surface area (Å²) in [6, 6.07) is 23.2.